The minimum absolute atomic E-state index is 0.0234. The van der Waals surface area contributed by atoms with Gasteiger partial charge in [0.25, 0.3) is 0 Å². The number of carbonyl (C=O) groups excluding carboxylic acids is 7. The van der Waals surface area contributed by atoms with Crippen molar-refractivity contribution in [1.82, 2.24) is 4.98 Å². The van der Waals surface area contributed by atoms with Crippen LogP contribution in [-0.4, -0.2) is 99.7 Å². The Morgan fingerprint density at radius 3 is 1.91 bits per heavy atom. The number of aliphatic hydroxyl groups is 1. The molecule has 3 aliphatic rings. The average Bonchev–Trinajstić information content (AvgIpc) is 3.55. The number of hydrogen-bond donors (Lipinski definition) is 1. The van der Waals surface area contributed by atoms with Crippen LogP contribution in [0.15, 0.2) is 67.0 Å². The molecule has 0 radical (unpaired) electrons. The third-order valence-corrected chi connectivity index (χ3v) is 10.9. The third-order valence-electron chi connectivity index (χ3n) is 10.9. The molecule has 306 valence electrons. The molecule has 3 heterocycles. The van der Waals surface area contributed by atoms with E-state index in [9.17, 15) is 38.7 Å². The first kappa shape index (κ1) is 42.7. The second-order valence-electron chi connectivity index (χ2n) is 15.3. The Labute approximate surface area is 329 Å². The number of aromatic nitrogens is 1. The van der Waals surface area contributed by atoms with Crippen LogP contribution in [0.3, 0.4) is 0 Å². The molecule has 5 rings (SSSR count). The molecule has 16 nitrogen and oxygen atoms in total. The fourth-order valence-electron chi connectivity index (χ4n) is 8.48. The van der Waals surface area contributed by atoms with E-state index >= 15 is 0 Å². The van der Waals surface area contributed by atoms with Crippen LogP contribution in [0.2, 0.25) is 0 Å². The summed E-state index contributed by atoms with van der Waals surface area (Å²) >= 11 is 0. The molecule has 0 amide bonds. The predicted molar refractivity (Wildman–Crippen MR) is 194 cm³/mol. The summed E-state index contributed by atoms with van der Waals surface area (Å²) in [7, 11) is 0. The molecule has 2 bridgehead atoms. The van der Waals surface area contributed by atoms with E-state index in [0.29, 0.717) is 0 Å². The van der Waals surface area contributed by atoms with E-state index in [-0.39, 0.29) is 23.1 Å². The van der Waals surface area contributed by atoms with Crippen LogP contribution >= 0.6 is 0 Å². The molecule has 1 N–H and O–H groups in total. The Hall–Kier alpha value is -5.48. The SMILES string of the molecule is C=C1[C@H](OC(C)=O)C2[C@@H](OC(C)=O)[C@@H](C)C[C@]2(OC(C)=O)[C@]2(O)OC(C(=O)[C@H]2C)C(C)(C)[C@H](OC(=O)c2cccnc2)[C@H](OC(=O)c2ccccc2)[C@H]1OC(C)=O. The van der Waals surface area contributed by atoms with Gasteiger partial charge in [-0.1, -0.05) is 52.5 Å². The van der Waals surface area contributed by atoms with Gasteiger partial charge in [-0.3, -0.25) is 29.0 Å². The zero-order valence-electron chi connectivity index (χ0n) is 32.9. The first-order valence-corrected chi connectivity index (χ1v) is 18.4. The summed E-state index contributed by atoms with van der Waals surface area (Å²) in [5.74, 6) is -13.1. The highest BCUT2D eigenvalue weighted by Crippen LogP contribution is 2.60. The van der Waals surface area contributed by atoms with Gasteiger partial charge in [0.05, 0.1) is 23.0 Å². The van der Waals surface area contributed by atoms with Crippen molar-refractivity contribution in [3.8, 4) is 0 Å². The average molecular weight is 794 g/mol. The van der Waals surface area contributed by atoms with E-state index in [1.807, 2.05) is 0 Å². The van der Waals surface area contributed by atoms with Crippen LogP contribution < -0.4 is 0 Å². The molecule has 11 atom stereocenters. The summed E-state index contributed by atoms with van der Waals surface area (Å²) in [6, 6.07) is 10.5. The van der Waals surface area contributed by atoms with Gasteiger partial charge in [-0.25, -0.2) is 9.59 Å². The van der Waals surface area contributed by atoms with Crippen LogP contribution in [0.25, 0.3) is 0 Å². The van der Waals surface area contributed by atoms with E-state index in [4.69, 9.17) is 33.2 Å². The van der Waals surface area contributed by atoms with Crippen molar-refractivity contribution >= 4 is 41.6 Å². The molecular formula is C41H47NO15. The summed E-state index contributed by atoms with van der Waals surface area (Å²) in [5.41, 5.74) is -4.51. The quantitative estimate of drug-likeness (QED) is 0.230. The van der Waals surface area contributed by atoms with E-state index in [2.05, 4.69) is 11.6 Å². The summed E-state index contributed by atoms with van der Waals surface area (Å²) in [6.07, 6.45) is -8.16. The van der Waals surface area contributed by atoms with Crippen LogP contribution in [-0.2, 0) is 57.1 Å². The fraction of sp³-hybridized carbons (Fsp3) is 0.512. The number of carbonyl (C=O) groups is 7. The first-order chi connectivity index (χ1) is 26.7. The van der Waals surface area contributed by atoms with Gasteiger partial charge in [0.2, 0.25) is 5.79 Å². The van der Waals surface area contributed by atoms with E-state index in [1.165, 1.54) is 57.4 Å². The number of fused-ring (bicyclic) bond motifs is 4. The number of ketones is 1. The molecule has 2 unspecified atom stereocenters. The number of Topliss-reactive ketones (excluding diaryl/α,β-unsaturated/α-hetero) is 1. The normalized spacial score (nSPS) is 33.1. The Bertz CT molecular complexity index is 1930. The second-order valence-corrected chi connectivity index (χ2v) is 15.3. The van der Waals surface area contributed by atoms with E-state index < -0.39 is 113 Å². The van der Waals surface area contributed by atoms with Crippen LogP contribution in [0.4, 0.5) is 0 Å². The molecule has 57 heavy (non-hydrogen) atoms. The first-order valence-electron chi connectivity index (χ1n) is 18.4. The highest BCUT2D eigenvalue weighted by Gasteiger charge is 2.77. The lowest BCUT2D eigenvalue weighted by atomic mass is 9.68. The summed E-state index contributed by atoms with van der Waals surface area (Å²) < 4.78 is 42.5. The molecular weight excluding hydrogens is 746 g/mol. The lowest BCUT2D eigenvalue weighted by molar-refractivity contribution is -0.333. The van der Waals surface area contributed by atoms with Crippen LogP contribution in [0, 0.1) is 23.2 Å². The monoisotopic (exact) mass is 793 g/mol. The van der Waals surface area contributed by atoms with Gasteiger partial charge in [-0.2, -0.15) is 0 Å². The number of rotatable bonds is 8. The van der Waals surface area contributed by atoms with Gasteiger partial charge < -0.3 is 38.3 Å². The minimum atomic E-state index is -2.75. The Morgan fingerprint density at radius 2 is 1.35 bits per heavy atom. The van der Waals surface area contributed by atoms with Gasteiger partial charge in [0, 0.05) is 51.1 Å². The second kappa shape index (κ2) is 16.2. The summed E-state index contributed by atoms with van der Waals surface area (Å²) in [4.78, 5) is 98.8. The Morgan fingerprint density at radius 1 is 0.772 bits per heavy atom. The maximum Gasteiger partial charge on any atom is 0.340 e. The maximum atomic E-state index is 14.7. The molecule has 2 saturated heterocycles. The summed E-state index contributed by atoms with van der Waals surface area (Å²) in [5, 5.41) is 13.0. The number of benzene rings is 1. The molecule has 2 aromatic rings. The highest BCUT2D eigenvalue weighted by molar-refractivity contribution is 5.91. The van der Waals surface area contributed by atoms with E-state index in [0.717, 1.165) is 27.7 Å². The molecule has 2 aliphatic heterocycles. The molecule has 1 saturated carbocycles. The number of hydrogen-bond acceptors (Lipinski definition) is 16. The smallest absolute Gasteiger partial charge is 0.340 e. The number of pyridine rings is 1. The van der Waals surface area contributed by atoms with Crippen molar-refractivity contribution in [3.63, 3.8) is 0 Å². The minimum Gasteiger partial charge on any atom is -0.462 e. The standard InChI is InChI=1S/C41H47NO15/c1-20-18-40(56-26(7)46)29(31(20)51-23(4)43)32(52-24(5)44)21(2)33(53-25(6)45)34(54-37(48)27-14-11-10-12-15-27)36(55-38(49)28-16-13-17-42-19-28)39(8,9)35-30(47)22(3)41(40,50)57-35/h10-17,19-20,22,29,31-36,50H,2,18H2,1,3-9H3/t20-,22+,29?,31-,32-,33-,34+,35?,36+,40+,41+/m0/s1. The zero-order chi connectivity index (χ0) is 42.2. The maximum absolute atomic E-state index is 14.7. The topological polar surface area (TPSA) is 217 Å². The van der Waals surface area contributed by atoms with Crippen molar-refractivity contribution in [2.24, 2.45) is 23.2 Å². The zero-order valence-corrected chi connectivity index (χ0v) is 32.9. The molecule has 1 aromatic heterocycles. The largest absolute Gasteiger partial charge is 0.462 e. The van der Waals surface area contributed by atoms with Gasteiger partial charge in [0.1, 0.15) is 18.3 Å². The number of esters is 6. The molecule has 1 aromatic carbocycles. The lowest BCUT2D eigenvalue weighted by Crippen LogP contribution is -2.66. The van der Waals surface area contributed by atoms with Gasteiger partial charge in [0.15, 0.2) is 29.7 Å². The highest BCUT2D eigenvalue weighted by atomic mass is 16.7. The van der Waals surface area contributed by atoms with Crippen LogP contribution in [0.1, 0.15) is 82.5 Å². The Balaban J connectivity index is 1.89. The number of nitrogens with zero attached hydrogens (tertiary/aromatic N) is 1. The van der Waals surface area contributed by atoms with Crippen molar-refractivity contribution in [2.45, 2.75) is 110 Å². The predicted octanol–water partition coefficient (Wildman–Crippen LogP) is 3.47. The van der Waals surface area contributed by atoms with Crippen molar-refractivity contribution in [2.75, 3.05) is 0 Å². The number of ether oxygens (including phenoxy) is 7. The van der Waals surface area contributed by atoms with Crippen molar-refractivity contribution < 1.29 is 71.8 Å². The van der Waals surface area contributed by atoms with Crippen molar-refractivity contribution in [1.29, 1.82) is 0 Å². The molecule has 3 fully saturated rings. The molecule has 1 aliphatic carbocycles. The fourth-order valence-corrected chi connectivity index (χ4v) is 8.48. The lowest BCUT2D eigenvalue weighted by Gasteiger charge is -2.49. The van der Waals surface area contributed by atoms with Crippen molar-refractivity contribution in [3.05, 3.63) is 78.1 Å². The van der Waals surface area contributed by atoms with Gasteiger partial charge >= 0.3 is 35.8 Å². The third kappa shape index (κ3) is 7.92. The Kier molecular flexibility index (Phi) is 12.1. The van der Waals surface area contributed by atoms with Gasteiger partial charge in [-0.05, 0) is 36.6 Å². The summed E-state index contributed by atoms with van der Waals surface area (Å²) in [6.45, 7) is 14.3. The van der Waals surface area contributed by atoms with Gasteiger partial charge in [-0.15, -0.1) is 0 Å². The van der Waals surface area contributed by atoms with Crippen LogP contribution in [0.5, 0.6) is 0 Å². The molecule has 0 spiro atoms. The van der Waals surface area contributed by atoms with E-state index in [1.54, 1.807) is 25.1 Å². The molecule has 16 heteroatoms.